The predicted molar refractivity (Wildman–Crippen MR) is 117 cm³/mol. The smallest absolute Gasteiger partial charge is 0.293 e. The number of hydrogen-bond acceptors (Lipinski definition) is 7. The lowest BCUT2D eigenvalue weighted by molar-refractivity contribution is -0.383. The van der Waals surface area contributed by atoms with Crippen LogP contribution in [0.5, 0.6) is 5.75 Å². The summed E-state index contributed by atoms with van der Waals surface area (Å²) in [5.74, 6) is 0.726. The minimum absolute atomic E-state index is 0. The van der Waals surface area contributed by atoms with Crippen LogP contribution in [0, 0.1) is 10.1 Å². The molecule has 0 atom stereocenters. The summed E-state index contributed by atoms with van der Waals surface area (Å²) in [7, 11) is 0. The van der Waals surface area contributed by atoms with Crippen molar-refractivity contribution >= 4 is 40.4 Å². The van der Waals surface area contributed by atoms with Crippen LogP contribution in [0.4, 0.5) is 17.1 Å². The van der Waals surface area contributed by atoms with E-state index in [0.717, 1.165) is 27.9 Å². The lowest BCUT2D eigenvalue weighted by Crippen LogP contribution is -2.23. The molecule has 0 amide bonds. The van der Waals surface area contributed by atoms with Gasteiger partial charge in [0.2, 0.25) is 0 Å². The molecule has 0 spiro atoms. The average molecular weight is 438 g/mol. The van der Waals surface area contributed by atoms with Crippen LogP contribution in [-0.2, 0) is 6.54 Å². The number of halogens is 1. The van der Waals surface area contributed by atoms with Gasteiger partial charge in [-0.3, -0.25) is 14.8 Å². The summed E-state index contributed by atoms with van der Waals surface area (Å²) < 4.78 is 7.45. The highest BCUT2D eigenvalue weighted by molar-refractivity contribution is 6.12. The van der Waals surface area contributed by atoms with Crippen LogP contribution >= 0.6 is 12.4 Å². The highest BCUT2D eigenvalue weighted by atomic mass is 35.5. The fourth-order valence-corrected chi connectivity index (χ4v) is 3.51. The van der Waals surface area contributed by atoms with Gasteiger partial charge in [0, 0.05) is 30.4 Å². The van der Waals surface area contributed by atoms with Crippen LogP contribution in [0.3, 0.4) is 0 Å². The zero-order chi connectivity index (χ0) is 19.7. The molecule has 1 aliphatic rings. The van der Waals surface area contributed by atoms with Crippen molar-refractivity contribution in [1.82, 2.24) is 15.1 Å². The average Bonchev–Trinajstić information content (AvgIpc) is 3.06. The van der Waals surface area contributed by atoms with Crippen molar-refractivity contribution < 1.29 is 20.2 Å². The van der Waals surface area contributed by atoms with Gasteiger partial charge in [0.05, 0.1) is 35.6 Å². The molecule has 3 aromatic rings. The number of hydrogen-bond donors (Lipinski definition) is 3. The first-order chi connectivity index (χ1) is 13.6. The Morgan fingerprint density at radius 3 is 2.80 bits per heavy atom. The minimum Gasteiger partial charge on any atom is -0.494 e. The Labute approximate surface area is 178 Å². The Morgan fingerprint density at radius 2 is 2.10 bits per heavy atom. The number of aromatic nitrogens is 2. The lowest BCUT2D eigenvalue weighted by Gasteiger charge is -2.18. The third-order valence-electron chi connectivity index (χ3n) is 4.70. The Balaban J connectivity index is 0.00000160. The molecule has 0 saturated heterocycles. The van der Waals surface area contributed by atoms with E-state index in [1.807, 2.05) is 29.8 Å². The van der Waals surface area contributed by atoms with E-state index in [9.17, 15) is 10.1 Å². The van der Waals surface area contributed by atoms with Crippen molar-refractivity contribution in [2.45, 2.75) is 13.5 Å². The molecule has 4 rings (SSSR count). The second kappa shape index (κ2) is 9.72. The van der Waals surface area contributed by atoms with Gasteiger partial charge in [-0.1, -0.05) is 0 Å². The van der Waals surface area contributed by atoms with Crippen LogP contribution < -0.4 is 15.4 Å². The highest BCUT2D eigenvalue weighted by Crippen LogP contribution is 2.47. The second-order valence-electron chi connectivity index (χ2n) is 6.42. The Hall–Kier alpha value is -2.92. The van der Waals surface area contributed by atoms with Gasteiger partial charge < -0.3 is 26.0 Å². The van der Waals surface area contributed by atoms with Gasteiger partial charge in [-0.05, 0) is 31.2 Å². The number of benzene rings is 2. The number of rotatable bonds is 8. The van der Waals surface area contributed by atoms with Crippen molar-refractivity contribution in [3.8, 4) is 17.0 Å². The first-order valence-corrected chi connectivity index (χ1v) is 9.17. The third kappa shape index (κ3) is 4.03. The zero-order valence-electron chi connectivity index (χ0n) is 16.3. The summed E-state index contributed by atoms with van der Waals surface area (Å²) in [6.07, 6.45) is 0. The maximum Gasteiger partial charge on any atom is 0.293 e. The molecule has 10 nitrogen and oxygen atoms in total. The monoisotopic (exact) mass is 437 g/mol. The molecule has 0 bridgehead atoms. The van der Waals surface area contributed by atoms with Gasteiger partial charge in [0.1, 0.15) is 17.1 Å². The van der Waals surface area contributed by atoms with Crippen molar-refractivity contribution in [2.24, 2.45) is 0 Å². The van der Waals surface area contributed by atoms with Crippen molar-refractivity contribution in [3.63, 3.8) is 0 Å². The van der Waals surface area contributed by atoms with Crippen molar-refractivity contribution in [3.05, 3.63) is 40.4 Å². The Morgan fingerprint density at radius 1 is 1.30 bits per heavy atom. The summed E-state index contributed by atoms with van der Waals surface area (Å²) >= 11 is 0. The molecule has 0 saturated carbocycles. The number of anilines is 2. The normalized spacial score (nSPS) is 11.1. The van der Waals surface area contributed by atoms with Crippen LogP contribution in [0.1, 0.15) is 6.92 Å². The summed E-state index contributed by atoms with van der Waals surface area (Å²) in [6.45, 7) is 4.25. The molecule has 0 unspecified atom stereocenters. The highest BCUT2D eigenvalue weighted by Gasteiger charge is 2.29. The van der Waals surface area contributed by atoms with Gasteiger partial charge in [0.25, 0.3) is 5.69 Å². The predicted octanol–water partition coefficient (Wildman–Crippen LogP) is 2.25. The summed E-state index contributed by atoms with van der Waals surface area (Å²) in [5, 5.41) is 32.3. The minimum atomic E-state index is -0.384. The van der Waals surface area contributed by atoms with E-state index in [0.29, 0.717) is 37.6 Å². The number of aliphatic hydroxyl groups excluding tert-OH is 1. The zero-order valence-corrected chi connectivity index (χ0v) is 17.2. The maximum atomic E-state index is 11.5. The van der Waals surface area contributed by atoms with Gasteiger partial charge >= 0.3 is 0 Å². The lowest BCUT2D eigenvalue weighted by atomic mass is 9.99. The van der Waals surface area contributed by atoms with Gasteiger partial charge in [-0.25, -0.2) is 0 Å². The number of ether oxygens (including phenoxy) is 1. The summed E-state index contributed by atoms with van der Waals surface area (Å²) in [4.78, 5) is 11.2. The first kappa shape index (κ1) is 23.4. The molecule has 0 fully saturated rings. The Kier molecular flexibility index (Phi) is 7.57. The van der Waals surface area contributed by atoms with E-state index >= 15 is 0 Å². The number of nitrogens with zero attached hydrogens (tertiary/aromatic N) is 3. The molecule has 2 aromatic carbocycles. The van der Waals surface area contributed by atoms with E-state index in [4.69, 9.17) is 14.9 Å². The molecule has 0 aliphatic carbocycles. The standard InChI is InChI=1S/C19H21N5O4.ClH.H2O/c1-2-28-12-3-4-14-13(11-12)18-17-15(23(22-18)9-7-20-8-10-25)5-6-16(24(26)27)19(17)21-14;;/h3-6,11,20-21,25H,2,7-10H2,1H3;1H;1H2. The van der Waals surface area contributed by atoms with E-state index in [-0.39, 0.29) is 35.1 Å². The molecule has 162 valence electrons. The second-order valence-corrected chi connectivity index (χ2v) is 6.42. The topological polar surface area (TPSA) is 146 Å². The number of fused-ring (bicyclic) bond motifs is 2. The van der Waals surface area contributed by atoms with Crippen molar-refractivity contribution in [2.75, 3.05) is 31.6 Å². The van der Waals surface area contributed by atoms with E-state index in [1.54, 1.807) is 6.07 Å². The maximum absolute atomic E-state index is 11.5. The number of aliphatic hydroxyl groups is 1. The molecule has 1 aromatic heterocycles. The van der Waals surface area contributed by atoms with Gasteiger partial charge in [-0.15, -0.1) is 12.4 Å². The quantitative estimate of drug-likeness (QED) is 0.217. The molecular weight excluding hydrogens is 414 g/mol. The summed E-state index contributed by atoms with van der Waals surface area (Å²) in [6, 6.07) is 8.84. The molecule has 11 heteroatoms. The fourth-order valence-electron chi connectivity index (χ4n) is 3.51. The first-order valence-electron chi connectivity index (χ1n) is 9.17. The fraction of sp³-hybridized carbons (Fsp3) is 0.316. The van der Waals surface area contributed by atoms with Gasteiger partial charge in [0.15, 0.2) is 0 Å². The van der Waals surface area contributed by atoms with Crippen molar-refractivity contribution in [1.29, 1.82) is 0 Å². The van der Waals surface area contributed by atoms with E-state index in [2.05, 4.69) is 10.6 Å². The SMILES string of the molecule is CCOc1ccc2c(c1)-c1nn(CCNCCO)c3ccc([N+](=O)[O-])c(c13)N2.Cl.O. The van der Waals surface area contributed by atoms with E-state index < -0.39 is 0 Å². The van der Waals surface area contributed by atoms with Gasteiger partial charge in [-0.2, -0.15) is 5.10 Å². The van der Waals surface area contributed by atoms with Crippen LogP contribution in [-0.4, -0.2) is 51.6 Å². The van der Waals surface area contributed by atoms with Crippen LogP contribution in [0.15, 0.2) is 30.3 Å². The summed E-state index contributed by atoms with van der Waals surface area (Å²) in [5.41, 5.74) is 3.61. The number of nitrogens with one attached hydrogen (secondary N) is 2. The molecular formula is C19H24ClN5O5. The molecule has 0 radical (unpaired) electrons. The molecule has 1 aliphatic heterocycles. The molecule has 30 heavy (non-hydrogen) atoms. The largest absolute Gasteiger partial charge is 0.494 e. The molecule has 5 N–H and O–H groups in total. The van der Waals surface area contributed by atoms with E-state index in [1.165, 1.54) is 6.07 Å². The Bertz CT molecular complexity index is 1060. The van der Waals surface area contributed by atoms with Crippen LogP contribution in [0.25, 0.3) is 22.2 Å². The number of nitro benzene ring substituents is 1. The van der Waals surface area contributed by atoms with Crippen LogP contribution in [0.2, 0.25) is 0 Å². The molecule has 2 heterocycles. The number of nitro groups is 1. The third-order valence-corrected chi connectivity index (χ3v) is 4.70.